The zero-order valence-corrected chi connectivity index (χ0v) is 18.7. The molecule has 4 aromatic rings. The molecule has 2 heterocycles. The van der Waals surface area contributed by atoms with Crippen molar-refractivity contribution in [2.24, 2.45) is 0 Å². The number of carbonyl (C=O) groups is 2. The highest BCUT2D eigenvalue weighted by atomic mass is 35.5. The van der Waals surface area contributed by atoms with Crippen molar-refractivity contribution in [1.29, 1.82) is 0 Å². The first-order valence-corrected chi connectivity index (χ1v) is 11.3. The van der Waals surface area contributed by atoms with Crippen molar-refractivity contribution >= 4 is 51.4 Å². The number of halogens is 1. The van der Waals surface area contributed by atoms with Crippen LogP contribution in [0, 0.1) is 6.92 Å². The minimum absolute atomic E-state index is 0.234. The Kier molecular flexibility index (Phi) is 5.37. The quantitative estimate of drug-likeness (QED) is 0.300. The first-order valence-electron chi connectivity index (χ1n) is 10.1. The monoisotopic (exact) mass is 459 g/mol. The third kappa shape index (κ3) is 3.97. The lowest BCUT2D eigenvalue weighted by molar-refractivity contribution is -0.123. The molecule has 2 amide bonds. The Morgan fingerprint density at radius 1 is 0.969 bits per heavy atom. The van der Waals surface area contributed by atoms with Crippen molar-refractivity contribution in [3.63, 3.8) is 0 Å². The van der Waals surface area contributed by atoms with Gasteiger partial charge in [0.25, 0.3) is 11.1 Å². The van der Waals surface area contributed by atoms with Crippen LogP contribution in [0.1, 0.15) is 16.9 Å². The van der Waals surface area contributed by atoms with Crippen LogP contribution in [0.5, 0.6) is 0 Å². The fourth-order valence-corrected chi connectivity index (χ4v) is 4.62. The number of hydrogen-bond acceptors (Lipinski definition) is 4. The van der Waals surface area contributed by atoms with E-state index in [4.69, 9.17) is 16.0 Å². The van der Waals surface area contributed by atoms with E-state index < -0.39 is 0 Å². The molecule has 0 N–H and O–H groups in total. The minimum Gasteiger partial charge on any atom is -0.457 e. The molecule has 32 heavy (non-hydrogen) atoms. The van der Waals surface area contributed by atoms with E-state index in [2.05, 4.69) is 0 Å². The van der Waals surface area contributed by atoms with Gasteiger partial charge < -0.3 is 4.42 Å². The number of furan rings is 1. The molecular formula is C26H18ClNO3S. The Morgan fingerprint density at radius 2 is 1.78 bits per heavy atom. The van der Waals surface area contributed by atoms with E-state index in [-0.39, 0.29) is 17.7 Å². The number of benzene rings is 3. The molecule has 0 aliphatic carbocycles. The smallest absolute Gasteiger partial charge is 0.293 e. The maximum absolute atomic E-state index is 12.9. The summed E-state index contributed by atoms with van der Waals surface area (Å²) in [5.41, 5.74) is 2.75. The van der Waals surface area contributed by atoms with E-state index in [0.717, 1.165) is 39.2 Å². The Labute approximate surface area is 194 Å². The molecule has 0 bridgehead atoms. The lowest BCUT2D eigenvalue weighted by Gasteiger charge is -2.13. The standard InChI is InChI=1S/C26H18ClNO3S/c1-16-6-8-20(13-22(16)27)23-11-10-21(31-23)14-24-25(29)28(26(30)32-24)15-17-7-9-18-4-2-3-5-19(18)12-17/h2-14H,15H2,1H3/b24-14-. The van der Waals surface area contributed by atoms with Gasteiger partial charge in [-0.3, -0.25) is 14.5 Å². The summed E-state index contributed by atoms with van der Waals surface area (Å²) in [6.07, 6.45) is 1.62. The predicted molar refractivity (Wildman–Crippen MR) is 129 cm³/mol. The molecule has 0 unspecified atom stereocenters. The summed E-state index contributed by atoms with van der Waals surface area (Å²) >= 11 is 7.14. The van der Waals surface area contributed by atoms with Gasteiger partial charge in [-0.15, -0.1) is 0 Å². The van der Waals surface area contributed by atoms with Crippen molar-refractivity contribution in [2.75, 3.05) is 0 Å². The van der Waals surface area contributed by atoms with Crippen LogP contribution in [0.2, 0.25) is 5.02 Å². The highest BCUT2D eigenvalue weighted by Crippen LogP contribution is 2.35. The van der Waals surface area contributed by atoms with Gasteiger partial charge in [0, 0.05) is 16.7 Å². The van der Waals surface area contributed by atoms with Gasteiger partial charge in [-0.2, -0.15) is 0 Å². The van der Waals surface area contributed by atoms with Crippen molar-refractivity contribution in [3.8, 4) is 11.3 Å². The van der Waals surface area contributed by atoms with Crippen molar-refractivity contribution in [1.82, 2.24) is 4.90 Å². The maximum Gasteiger partial charge on any atom is 0.293 e. The summed E-state index contributed by atoms with van der Waals surface area (Å²) in [5.74, 6) is 0.839. The summed E-state index contributed by atoms with van der Waals surface area (Å²) in [5, 5.41) is 2.57. The van der Waals surface area contributed by atoms with Crippen molar-refractivity contribution < 1.29 is 14.0 Å². The highest BCUT2D eigenvalue weighted by Gasteiger charge is 2.35. The molecule has 1 aromatic heterocycles. The van der Waals surface area contributed by atoms with Crippen LogP contribution >= 0.6 is 23.4 Å². The van der Waals surface area contributed by atoms with E-state index in [0.29, 0.717) is 21.4 Å². The third-order valence-corrected chi connectivity index (χ3v) is 6.70. The summed E-state index contributed by atoms with van der Waals surface area (Å²) in [6, 6.07) is 23.3. The average Bonchev–Trinajstić information content (AvgIpc) is 3.36. The van der Waals surface area contributed by atoms with Crippen molar-refractivity contribution in [3.05, 3.63) is 99.6 Å². The van der Waals surface area contributed by atoms with Gasteiger partial charge in [0.05, 0.1) is 11.4 Å². The molecule has 1 fully saturated rings. The second kappa shape index (κ2) is 8.34. The zero-order valence-electron chi connectivity index (χ0n) is 17.2. The van der Waals surface area contributed by atoms with Gasteiger partial charge in [-0.25, -0.2) is 0 Å². The Balaban J connectivity index is 1.36. The van der Waals surface area contributed by atoms with Gasteiger partial charge in [0.15, 0.2) is 0 Å². The Bertz CT molecular complexity index is 1410. The second-order valence-corrected chi connectivity index (χ2v) is 9.02. The molecule has 0 spiro atoms. The number of amides is 2. The van der Waals surface area contributed by atoms with Crippen LogP contribution in [0.4, 0.5) is 4.79 Å². The molecular weight excluding hydrogens is 442 g/mol. The number of fused-ring (bicyclic) bond motifs is 1. The summed E-state index contributed by atoms with van der Waals surface area (Å²) < 4.78 is 5.88. The molecule has 0 radical (unpaired) electrons. The number of imide groups is 1. The first-order chi connectivity index (χ1) is 15.5. The second-order valence-electron chi connectivity index (χ2n) is 7.62. The van der Waals surface area contributed by atoms with Crippen molar-refractivity contribution in [2.45, 2.75) is 13.5 Å². The van der Waals surface area contributed by atoms with E-state index in [9.17, 15) is 9.59 Å². The molecule has 3 aromatic carbocycles. The van der Waals surface area contributed by atoms with Gasteiger partial charge >= 0.3 is 0 Å². The molecule has 1 aliphatic heterocycles. The molecule has 0 atom stereocenters. The SMILES string of the molecule is Cc1ccc(-c2ccc(/C=C3\SC(=O)N(Cc4ccc5ccccc5c4)C3=O)o2)cc1Cl. The normalized spacial score (nSPS) is 15.3. The van der Waals surface area contributed by atoms with Crippen LogP contribution in [-0.4, -0.2) is 16.0 Å². The van der Waals surface area contributed by atoms with E-state index in [1.165, 1.54) is 4.90 Å². The summed E-state index contributed by atoms with van der Waals surface area (Å²) in [4.78, 5) is 27.0. The van der Waals surface area contributed by atoms with E-state index in [1.54, 1.807) is 12.1 Å². The van der Waals surface area contributed by atoms with Crippen LogP contribution in [0.3, 0.4) is 0 Å². The molecule has 1 saturated heterocycles. The van der Waals surface area contributed by atoms with E-state index in [1.807, 2.05) is 73.7 Å². The Morgan fingerprint density at radius 3 is 2.59 bits per heavy atom. The lowest BCUT2D eigenvalue weighted by atomic mass is 10.1. The number of carbonyl (C=O) groups excluding carboxylic acids is 2. The van der Waals surface area contributed by atoms with Gasteiger partial charge in [0.2, 0.25) is 0 Å². The number of nitrogens with zero attached hydrogens (tertiary/aromatic N) is 1. The van der Waals surface area contributed by atoms with Crippen LogP contribution in [0.15, 0.2) is 82.1 Å². The minimum atomic E-state index is -0.315. The van der Waals surface area contributed by atoms with Gasteiger partial charge in [-0.1, -0.05) is 60.1 Å². The largest absolute Gasteiger partial charge is 0.457 e. The molecule has 6 heteroatoms. The zero-order chi connectivity index (χ0) is 22.2. The fraction of sp³-hybridized carbons (Fsp3) is 0.0769. The molecule has 4 nitrogen and oxygen atoms in total. The summed E-state index contributed by atoms with van der Waals surface area (Å²) in [7, 11) is 0. The topological polar surface area (TPSA) is 50.5 Å². The molecule has 0 saturated carbocycles. The van der Waals surface area contributed by atoms with Gasteiger partial charge in [-0.05, 0) is 64.9 Å². The molecule has 1 aliphatic rings. The number of thioether (sulfide) groups is 1. The van der Waals surface area contributed by atoms with Crippen LogP contribution in [0.25, 0.3) is 28.2 Å². The molecule has 158 valence electrons. The van der Waals surface area contributed by atoms with E-state index >= 15 is 0 Å². The summed E-state index contributed by atoms with van der Waals surface area (Å²) in [6.45, 7) is 2.17. The fourth-order valence-electron chi connectivity index (χ4n) is 3.62. The molecule has 5 rings (SSSR count). The number of rotatable bonds is 4. The van der Waals surface area contributed by atoms with Gasteiger partial charge in [0.1, 0.15) is 11.5 Å². The lowest BCUT2D eigenvalue weighted by Crippen LogP contribution is -2.27. The van der Waals surface area contributed by atoms with Crippen LogP contribution < -0.4 is 0 Å². The number of hydrogen-bond donors (Lipinski definition) is 0. The number of aryl methyl sites for hydroxylation is 1. The average molecular weight is 460 g/mol. The highest BCUT2D eigenvalue weighted by molar-refractivity contribution is 8.18. The van der Waals surface area contributed by atoms with Crippen LogP contribution in [-0.2, 0) is 11.3 Å². The Hall–Kier alpha value is -3.28. The maximum atomic E-state index is 12.9. The third-order valence-electron chi connectivity index (χ3n) is 5.38. The first kappa shape index (κ1) is 20.6. The predicted octanol–water partition coefficient (Wildman–Crippen LogP) is 7.30.